The fraction of sp³-hybridized carbons (Fsp3) is 0.529. The molecule has 0 spiro atoms. The quantitative estimate of drug-likeness (QED) is 0.818. The van der Waals surface area contributed by atoms with Crippen LogP contribution in [-0.4, -0.2) is 59.7 Å². The average molecular weight is 364 g/mol. The first kappa shape index (κ1) is 17.9. The third kappa shape index (κ3) is 4.38. The number of sulfone groups is 1. The Morgan fingerprint density at radius 1 is 1.44 bits per heavy atom. The lowest BCUT2D eigenvalue weighted by atomic mass is 10.2. The smallest absolute Gasteiger partial charge is 0.221 e. The van der Waals surface area contributed by atoms with Crippen LogP contribution >= 0.6 is 0 Å². The summed E-state index contributed by atoms with van der Waals surface area (Å²) in [6, 6.07) is 5.93. The van der Waals surface area contributed by atoms with Gasteiger partial charge in [0.25, 0.3) is 0 Å². The number of rotatable bonds is 6. The summed E-state index contributed by atoms with van der Waals surface area (Å²) >= 11 is 0. The number of fused-ring (bicyclic) bond motifs is 1. The molecule has 0 aromatic carbocycles. The van der Waals surface area contributed by atoms with E-state index in [4.69, 9.17) is 0 Å². The van der Waals surface area contributed by atoms with Gasteiger partial charge in [-0.15, -0.1) is 0 Å². The fourth-order valence-electron chi connectivity index (χ4n) is 3.15. The van der Waals surface area contributed by atoms with Gasteiger partial charge in [-0.25, -0.2) is 13.4 Å². The first-order valence-electron chi connectivity index (χ1n) is 8.45. The van der Waals surface area contributed by atoms with Crippen molar-refractivity contribution >= 4 is 21.4 Å². The molecule has 0 saturated carbocycles. The van der Waals surface area contributed by atoms with Crippen LogP contribution in [0.4, 0.5) is 0 Å². The Labute approximate surface area is 148 Å². The number of aromatic nitrogens is 2. The van der Waals surface area contributed by atoms with Gasteiger partial charge in [0.1, 0.15) is 5.65 Å². The molecule has 1 fully saturated rings. The molecule has 25 heavy (non-hydrogen) atoms. The van der Waals surface area contributed by atoms with Gasteiger partial charge in [-0.1, -0.05) is 6.07 Å². The monoisotopic (exact) mass is 364 g/mol. The van der Waals surface area contributed by atoms with Crippen molar-refractivity contribution in [1.29, 1.82) is 0 Å². The van der Waals surface area contributed by atoms with E-state index in [0.29, 0.717) is 25.9 Å². The molecule has 1 atom stereocenters. The number of pyridine rings is 1. The van der Waals surface area contributed by atoms with Crippen molar-refractivity contribution in [3.8, 4) is 0 Å². The van der Waals surface area contributed by atoms with Gasteiger partial charge in [0.05, 0.1) is 23.7 Å². The van der Waals surface area contributed by atoms with E-state index < -0.39 is 9.84 Å². The van der Waals surface area contributed by atoms with Gasteiger partial charge in [0.15, 0.2) is 9.84 Å². The predicted molar refractivity (Wildman–Crippen MR) is 96.1 cm³/mol. The summed E-state index contributed by atoms with van der Waals surface area (Å²) in [7, 11) is -1.02. The summed E-state index contributed by atoms with van der Waals surface area (Å²) in [5.74, 6) is 0.397. The average Bonchev–Trinajstić information content (AvgIpc) is 3.14. The third-order valence-electron chi connectivity index (χ3n) is 4.74. The zero-order chi connectivity index (χ0) is 18.0. The van der Waals surface area contributed by atoms with Crippen LogP contribution < -0.4 is 5.32 Å². The highest BCUT2D eigenvalue weighted by molar-refractivity contribution is 7.91. The number of carbonyl (C=O) groups excluding carboxylic acids is 1. The molecule has 0 unspecified atom stereocenters. The summed E-state index contributed by atoms with van der Waals surface area (Å²) in [6.45, 7) is 2.95. The molecule has 1 saturated heterocycles. The number of nitrogens with one attached hydrogen (secondary N) is 1. The first-order chi connectivity index (χ1) is 11.8. The number of aryl methyl sites for hydroxylation is 1. The van der Waals surface area contributed by atoms with Gasteiger partial charge in [-0.05, 0) is 32.5 Å². The molecule has 1 aliphatic heterocycles. The third-order valence-corrected chi connectivity index (χ3v) is 6.49. The van der Waals surface area contributed by atoms with Crippen LogP contribution in [0.25, 0.3) is 5.65 Å². The lowest BCUT2D eigenvalue weighted by Gasteiger charge is -2.22. The molecule has 3 heterocycles. The van der Waals surface area contributed by atoms with Crippen LogP contribution in [0.15, 0.2) is 24.4 Å². The van der Waals surface area contributed by atoms with Crippen molar-refractivity contribution in [2.75, 3.05) is 25.1 Å². The molecule has 1 N–H and O–H groups in total. The molecule has 0 aliphatic carbocycles. The van der Waals surface area contributed by atoms with E-state index in [1.165, 1.54) is 0 Å². The lowest BCUT2D eigenvalue weighted by Crippen LogP contribution is -2.36. The van der Waals surface area contributed by atoms with Gasteiger partial charge in [0, 0.05) is 30.9 Å². The minimum Gasteiger partial charge on any atom is -0.350 e. The minimum absolute atomic E-state index is 0.0271. The Balaban J connectivity index is 1.47. The van der Waals surface area contributed by atoms with Gasteiger partial charge >= 0.3 is 0 Å². The summed E-state index contributed by atoms with van der Waals surface area (Å²) in [5, 5.41) is 2.88. The van der Waals surface area contributed by atoms with E-state index >= 15 is 0 Å². The van der Waals surface area contributed by atoms with Crippen LogP contribution in [0.5, 0.6) is 0 Å². The van der Waals surface area contributed by atoms with E-state index in [1.807, 2.05) is 47.7 Å². The fourth-order valence-corrected chi connectivity index (χ4v) is 4.95. The highest BCUT2D eigenvalue weighted by Gasteiger charge is 2.30. The highest BCUT2D eigenvalue weighted by atomic mass is 32.2. The van der Waals surface area contributed by atoms with Crippen molar-refractivity contribution in [2.45, 2.75) is 32.4 Å². The number of hydrogen-bond donors (Lipinski definition) is 1. The van der Waals surface area contributed by atoms with Crippen LogP contribution in [0.2, 0.25) is 0 Å². The van der Waals surface area contributed by atoms with Crippen molar-refractivity contribution in [2.24, 2.45) is 0 Å². The molecule has 0 radical (unpaired) electrons. The molecule has 0 bridgehead atoms. The normalized spacial score (nSPS) is 19.6. The number of hydrogen-bond acceptors (Lipinski definition) is 5. The van der Waals surface area contributed by atoms with Crippen molar-refractivity contribution in [3.63, 3.8) is 0 Å². The predicted octanol–water partition coefficient (Wildman–Crippen LogP) is 0.768. The molecule has 8 heteroatoms. The van der Waals surface area contributed by atoms with E-state index in [9.17, 15) is 13.2 Å². The Hall–Kier alpha value is -1.93. The molecule has 1 aliphatic rings. The number of imidazole rings is 1. The largest absolute Gasteiger partial charge is 0.350 e. The second-order valence-corrected chi connectivity index (χ2v) is 8.92. The van der Waals surface area contributed by atoms with E-state index in [-0.39, 0.29) is 23.5 Å². The molecule has 2 aromatic heterocycles. The summed E-state index contributed by atoms with van der Waals surface area (Å²) in [5.41, 5.74) is 2.78. The number of amides is 1. The Kier molecular flexibility index (Phi) is 5.10. The Morgan fingerprint density at radius 2 is 2.24 bits per heavy atom. The minimum atomic E-state index is -2.89. The van der Waals surface area contributed by atoms with E-state index in [2.05, 4.69) is 10.3 Å². The summed E-state index contributed by atoms with van der Waals surface area (Å²) < 4.78 is 25.0. The maximum absolute atomic E-state index is 12.1. The van der Waals surface area contributed by atoms with Gasteiger partial charge in [-0.3, -0.25) is 4.79 Å². The van der Waals surface area contributed by atoms with Gasteiger partial charge in [-0.2, -0.15) is 0 Å². The van der Waals surface area contributed by atoms with Crippen molar-refractivity contribution in [1.82, 2.24) is 19.6 Å². The zero-order valence-electron chi connectivity index (χ0n) is 14.6. The maximum Gasteiger partial charge on any atom is 0.221 e. The Morgan fingerprint density at radius 3 is 2.92 bits per heavy atom. The second kappa shape index (κ2) is 7.13. The molecule has 136 valence electrons. The topological polar surface area (TPSA) is 83.8 Å². The number of carbonyl (C=O) groups is 1. The van der Waals surface area contributed by atoms with Crippen LogP contribution in [0, 0.1) is 6.92 Å². The van der Waals surface area contributed by atoms with Crippen LogP contribution in [0.3, 0.4) is 0 Å². The van der Waals surface area contributed by atoms with E-state index in [0.717, 1.165) is 17.0 Å². The van der Waals surface area contributed by atoms with Gasteiger partial charge in [0.2, 0.25) is 5.91 Å². The van der Waals surface area contributed by atoms with Gasteiger partial charge < -0.3 is 14.6 Å². The summed E-state index contributed by atoms with van der Waals surface area (Å²) in [4.78, 5) is 18.5. The summed E-state index contributed by atoms with van der Waals surface area (Å²) in [6.07, 6.45) is 2.93. The molecule has 1 amide bonds. The number of nitrogens with zero attached hydrogens (tertiary/aromatic N) is 3. The SMILES string of the molecule is Cc1cccc2nc(CNC(=O)CCN(C)[C@H]3CCS(=O)(=O)C3)cn12. The molecular formula is C17H24N4O3S. The maximum atomic E-state index is 12.1. The lowest BCUT2D eigenvalue weighted by molar-refractivity contribution is -0.121. The molecule has 2 aromatic rings. The second-order valence-electron chi connectivity index (χ2n) is 6.69. The highest BCUT2D eigenvalue weighted by Crippen LogP contribution is 2.16. The van der Waals surface area contributed by atoms with Crippen LogP contribution in [-0.2, 0) is 21.2 Å². The zero-order valence-corrected chi connectivity index (χ0v) is 15.4. The van der Waals surface area contributed by atoms with Crippen LogP contribution in [0.1, 0.15) is 24.2 Å². The van der Waals surface area contributed by atoms with Crippen molar-refractivity contribution < 1.29 is 13.2 Å². The molecular weight excluding hydrogens is 340 g/mol. The Bertz CT molecular complexity index is 875. The molecule has 3 rings (SSSR count). The first-order valence-corrected chi connectivity index (χ1v) is 10.3. The molecule has 7 nitrogen and oxygen atoms in total. The van der Waals surface area contributed by atoms with E-state index in [1.54, 1.807) is 0 Å². The standard InChI is InChI=1S/C17H24N4O3S/c1-13-4-3-5-16-19-14(11-21(13)16)10-18-17(22)6-8-20(2)15-7-9-25(23,24)12-15/h3-5,11,15H,6-10,12H2,1-2H3,(H,18,22)/t15-/m0/s1. The van der Waals surface area contributed by atoms with Crippen molar-refractivity contribution in [3.05, 3.63) is 35.8 Å².